The molecule has 0 radical (unpaired) electrons. The van der Waals surface area contributed by atoms with E-state index in [2.05, 4.69) is 17.2 Å². The zero-order valence-corrected chi connectivity index (χ0v) is 11.0. The highest BCUT2D eigenvalue weighted by atomic mass is 32.1. The summed E-state index contributed by atoms with van der Waals surface area (Å²) in [6.45, 7) is 0. The topological polar surface area (TPSA) is 41.8 Å². The average Bonchev–Trinajstić information content (AvgIpc) is 2.82. The number of aromatic amines is 1. The van der Waals surface area contributed by atoms with Crippen LogP contribution < -0.4 is 0 Å². The van der Waals surface area contributed by atoms with Gasteiger partial charge in [-0.1, -0.05) is 12.1 Å². The monoisotopic (exact) mass is 314 g/mol. The van der Waals surface area contributed by atoms with Crippen LogP contribution in [0.25, 0.3) is 22.4 Å². The van der Waals surface area contributed by atoms with Crippen molar-refractivity contribution in [2.75, 3.05) is 0 Å². The van der Waals surface area contributed by atoms with Crippen molar-refractivity contribution in [3.8, 4) is 11.5 Å². The Kier molecular flexibility index (Phi) is 3.05. The van der Waals surface area contributed by atoms with Crippen LogP contribution in [0.3, 0.4) is 0 Å². The number of halogens is 4. The zero-order valence-electron chi connectivity index (χ0n) is 10.2. The van der Waals surface area contributed by atoms with E-state index < -0.39 is 17.7 Å². The predicted molar refractivity (Wildman–Crippen MR) is 69.6 cm³/mol. The first-order valence-corrected chi connectivity index (χ1v) is 6.12. The number of furan rings is 1. The first kappa shape index (κ1) is 13.7. The Balaban J connectivity index is 2.21. The van der Waals surface area contributed by atoms with Crippen molar-refractivity contribution in [1.29, 1.82) is 0 Å². The Bertz CT molecular complexity index is 882. The first-order chi connectivity index (χ1) is 9.84. The van der Waals surface area contributed by atoms with Crippen molar-refractivity contribution in [2.45, 2.75) is 6.18 Å². The maximum Gasteiger partial charge on any atom is 0.431 e. The van der Waals surface area contributed by atoms with Gasteiger partial charge in [0, 0.05) is 5.39 Å². The summed E-state index contributed by atoms with van der Waals surface area (Å²) < 4.78 is 56.7. The second-order valence-corrected chi connectivity index (χ2v) is 4.64. The summed E-state index contributed by atoms with van der Waals surface area (Å²) in [5.74, 6) is -0.586. The minimum Gasteiger partial charge on any atom is -0.451 e. The predicted octanol–water partition coefficient (Wildman–Crippen LogP) is 4.71. The number of nitrogens with one attached hydrogen (secondary N) is 1. The molecular formula is C13H6F4N2OS. The number of benzene rings is 1. The molecule has 0 unspecified atom stereocenters. The molecule has 0 aliphatic heterocycles. The van der Waals surface area contributed by atoms with Gasteiger partial charge in [0.2, 0.25) is 0 Å². The summed E-state index contributed by atoms with van der Waals surface area (Å²) in [5.41, 5.74) is -1.19. The summed E-state index contributed by atoms with van der Waals surface area (Å²) in [7, 11) is 0. The second kappa shape index (κ2) is 4.66. The first-order valence-electron chi connectivity index (χ1n) is 5.71. The van der Waals surface area contributed by atoms with Gasteiger partial charge in [0.05, 0.1) is 0 Å². The third kappa shape index (κ3) is 2.54. The van der Waals surface area contributed by atoms with Crippen LogP contribution >= 0.6 is 12.2 Å². The van der Waals surface area contributed by atoms with Crippen LogP contribution in [0, 0.1) is 10.6 Å². The van der Waals surface area contributed by atoms with Gasteiger partial charge in [-0.25, -0.2) is 9.37 Å². The minimum absolute atomic E-state index is 0.0145. The smallest absolute Gasteiger partial charge is 0.431 e. The molecule has 0 aliphatic carbocycles. The lowest BCUT2D eigenvalue weighted by Gasteiger charge is -2.07. The van der Waals surface area contributed by atoms with E-state index in [1.54, 1.807) is 6.07 Å². The fourth-order valence-corrected chi connectivity index (χ4v) is 2.10. The third-order valence-electron chi connectivity index (χ3n) is 2.80. The normalized spacial score (nSPS) is 12.0. The van der Waals surface area contributed by atoms with Gasteiger partial charge >= 0.3 is 6.18 Å². The van der Waals surface area contributed by atoms with E-state index in [-0.39, 0.29) is 21.8 Å². The van der Waals surface area contributed by atoms with Gasteiger partial charge in [0.25, 0.3) is 0 Å². The zero-order chi connectivity index (χ0) is 15.2. The molecule has 21 heavy (non-hydrogen) atoms. The molecule has 0 amide bonds. The van der Waals surface area contributed by atoms with Crippen LogP contribution in [0.2, 0.25) is 0 Å². The molecule has 1 aromatic carbocycles. The fourth-order valence-electron chi connectivity index (χ4n) is 1.89. The van der Waals surface area contributed by atoms with Crippen molar-refractivity contribution in [1.82, 2.24) is 9.97 Å². The van der Waals surface area contributed by atoms with Gasteiger partial charge in [0.1, 0.15) is 11.4 Å². The number of para-hydroxylation sites is 1. The summed E-state index contributed by atoms with van der Waals surface area (Å²) >= 11 is 4.68. The Hall–Kier alpha value is -2.22. The molecule has 0 aliphatic rings. The Morgan fingerprint density at radius 3 is 2.62 bits per heavy atom. The molecule has 0 bridgehead atoms. The highest BCUT2D eigenvalue weighted by Gasteiger charge is 2.32. The molecule has 108 valence electrons. The van der Waals surface area contributed by atoms with Gasteiger partial charge in [-0.3, -0.25) is 0 Å². The van der Waals surface area contributed by atoms with Gasteiger partial charge in [0.15, 0.2) is 21.9 Å². The van der Waals surface area contributed by atoms with E-state index in [4.69, 9.17) is 4.42 Å². The largest absolute Gasteiger partial charge is 0.451 e. The van der Waals surface area contributed by atoms with Crippen LogP contribution in [0.15, 0.2) is 34.7 Å². The maximum atomic E-state index is 13.5. The summed E-state index contributed by atoms with van der Waals surface area (Å²) in [5, 5.41) is 0.430. The lowest BCUT2D eigenvalue weighted by molar-refractivity contribution is -0.141. The SMILES string of the molecule is Fc1cccc2cc(-c3cc(C(F)(F)F)[nH]c(=S)n3)oc12. The van der Waals surface area contributed by atoms with Crippen LogP contribution in [0.4, 0.5) is 17.6 Å². The molecule has 3 rings (SSSR count). The third-order valence-corrected chi connectivity index (χ3v) is 2.99. The number of hydrogen-bond acceptors (Lipinski definition) is 3. The van der Waals surface area contributed by atoms with Gasteiger partial charge in [-0.15, -0.1) is 0 Å². The molecule has 2 heterocycles. The van der Waals surface area contributed by atoms with Crippen molar-refractivity contribution in [2.24, 2.45) is 0 Å². The number of fused-ring (bicyclic) bond motifs is 1. The molecule has 8 heteroatoms. The molecule has 3 aromatic rings. The fraction of sp³-hybridized carbons (Fsp3) is 0.0769. The number of H-pyrrole nitrogens is 1. The standard InChI is InChI=1S/C13H6F4N2OS/c14-7-3-1-2-6-4-9(20-11(6)7)8-5-10(13(15,16)17)19-12(21)18-8/h1-5H,(H,18,19,21). The van der Waals surface area contributed by atoms with Gasteiger partial charge in [-0.2, -0.15) is 13.2 Å². The molecule has 0 spiro atoms. The highest BCUT2D eigenvalue weighted by molar-refractivity contribution is 7.71. The van der Waals surface area contributed by atoms with Crippen molar-refractivity contribution in [3.63, 3.8) is 0 Å². The lowest BCUT2D eigenvalue weighted by atomic mass is 10.2. The molecule has 0 fully saturated rings. The van der Waals surface area contributed by atoms with Gasteiger partial charge in [-0.05, 0) is 30.4 Å². The highest BCUT2D eigenvalue weighted by Crippen LogP contribution is 2.32. The maximum absolute atomic E-state index is 13.5. The van der Waals surface area contributed by atoms with E-state index >= 15 is 0 Å². The van der Waals surface area contributed by atoms with Gasteiger partial charge < -0.3 is 9.40 Å². The van der Waals surface area contributed by atoms with Crippen molar-refractivity contribution < 1.29 is 22.0 Å². The van der Waals surface area contributed by atoms with E-state index in [0.717, 1.165) is 6.07 Å². The summed E-state index contributed by atoms with van der Waals surface area (Å²) in [6.07, 6.45) is -4.59. The van der Waals surface area contributed by atoms with Crippen LogP contribution in [0.5, 0.6) is 0 Å². The van der Waals surface area contributed by atoms with E-state index in [1.807, 2.05) is 4.98 Å². The number of alkyl halides is 3. The Morgan fingerprint density at radius 1 is 1.19 bits per heavy atom. The molecule has 1 N–H and O–H groups in total. The quantitative estimate of drug-likeness (QED) is 0.522. The Labute approximate surface area is 120 Å². The molecular weight excluding hydrogens is 308 g/mol. The second-order valence-electron chi connectivity index (χ2n) is 4.25. The molecule has 3 nitrogen and oxygen atoms in total. The number of nitrogens with zero attached hydrogens (tertiary/aromatic N) is 1. The number of aromatic nitrogens is 2. The molecule has 0 saturated heterocycles. The molecule has 0 atom stereocenters. The molecule has 0 saturated carbocycles. The number of hydrogen-bond donors (Lipinski definition) is 1. The van der Waals surface area contributed by atoms with Crippen molar-refractivity contribution in [3.05, 3.63) is 46.6 Å². The van der Waals surface area contributed by atoms with Crippen LogP contribution in [-0.4, -0.2) is 9.97 Å². The lowest BCUT2D eigenvalue weighted by Crippen LogP contribution is -2.09. The van der Waals surface area contributed by atoms with E-state index in [9.17, 15) is 17.6 Å². The van der Waals surface area contributed by atoms with E-state index in [1.165, 1.54) is 18.2 Å². The summed E-state index contributed by atoms with van der Waals surface area (Å²) in [6, 6.07) is 6.44. The van der Waals surface area contributed by atoms with E-state index in [0.29, 0.717) is 5.39 Å². The van der Waals surface area contributed by atoms with Crippen LogP contribution in [-0.2, 0) is 6.18 Å². The van der Waals surface area contributed by atoms with Crippen molar-refractivity contribution >= 4 is 23.2 Å². The number of rotatable bonds is 1. The Morgan fingerprint density at radius 2 is 1.95 bits per heavy atom. The average molecular weight is 314 g/mol. The summed E-state index contributed by atoms with van der Waals surface area (Å²) in [4.78, 5) is 5.75. The minimum atomic E-state index is -4.59. The van der Waals surface area contributed by atoms with Crippen LogP contribution in [0.1, 0.15) is 5.69 Å². The molecule has 2 aromatic heterocycles.